The predicted octanol–water partition coefficient (Wildman–Crippen LogP) is 6.69. The van der Waals surface area contributed by atoms with Crippen LogP contribution in [0.4, 0.5) is 16.3 Å². The monoisotopic (exact) mass is 887 g/mol. The van der Waals surface area contributed by atoms with Crippen LogP contribution < -0.4 is 30.1 Å². The minimum atomic E-state index is -3.70. The van der Waals surface area contributed by atoms with Gasteiger partial charge in [0.15, 0.2) is 5.78 Å². The molecule has 16 heteroatoms. The fourth-order valence-corrected chi connectivity index (χ4v) is 8.91. The molecule has 1 atom stereocenters. The molecule has 1 aliphatic heterocycles. The number of nitrogens with zero attached hydrogens (tertiary/aromatic N) is 3. The van der Waals surface area contributed by atoms with E-state index >= 15 is 0 Å². The van der Waals surface area contributed by atoms with Gasteiger partial charge in [0.25, 0.3) is 5.91 Å². The van der Waals surface area contributed by atoms with E-state index in [2.05, 4.69) is 25.7 Å². The van der Waals surface area contributed by atoms with Crippen molar-refractivity contribution in [3.8, 4) is 11.5 Å². The number of rotatable bonds is 17. The number of urea groups is 1. The normalized spacial score (nSPS) is 15.2. The molecular formula is C48H53N7O8S. The molecule has 1 saturated carbocycles. The number of amides is 3. The van der Waals surface area contributed by atoms with Gasteiger partial charge in [0.05, 0.1) is 30.5 Å². The molecule has 1 fully saturated rings. The van der Waals surface area contributed by atoms with Crippen molar-refractivity contribution in [3.05, 3.63) is 136 Å². The van der Waals surface area contributed by atoms with E-state index in [4.69, 9.17) is 14.5 Å². The smallest absolute Gasteiger partial charge is 0.315 e. The van der Waals surface area contributed by atoms with E-state index in [0.29, 0.717) is 79.8 Å². The van der Waals surface area contributed by atoms with Crippen LogP contribution in [0.25, 0.3) is 0 Å². The van der Waals surface area contributed by atoms with Gasteiger partial charge in [-0.3, -0.25) is 14.4 Å². The minimum Gasteiger partial charge on any atom is -0.494 e. The van der Waals surface area contributed by atoms with E-state index in [1.807, 2.05) is 61.5 Å². The van der Waals surface area contributed by atoms with Crippen molar-refractivity contribution in [2.45, 2.75) is 96.0 Å². The number of Topliss-reactive ketones (excluding diaryl/α,β-unsaturated/α-hetero) is 2. The Labute approximate surface area is 373 Å². The summed E-state index contributed by atoms with van der Waals surface area (Å²) in [7, 11) is -3.70. The Bertz CT molecular complexity index is 2630. The number of anilines is 2. The summed E-state index contributed by atoms with van der Waals surface area (Å²) < 4.78 is 40.5. The van der Waals surface area contributed by atoms with Gasteiger partial charge in [-0.1, -0.05) is 48.5 Å². The summed E-state index contributed by atoms with van der Waals surface area (Å²) in [5, 5.41) is 8.98. The number of benzene rings is 4. The number of ether oxygens (including phenoxy) is 2. The van der Waals surface area contributed by atoms with Gasteiger partial charge in [0, 0.05) is 60.0 Å². The molecule has 0 saturated heterocycles. The number of ketones is 2. The van der Waals surface area contributed by atoms with Crippen LogP contribution in [0.15, 0.2) is 102 Å². The van der Waals surface area contributed by atoms with Crippen molar-refractivity contribution in [2.75, 3.05) is 18.5 Å². The van der Waals surface area contributed by atoms with Gasteiger partial charge in [-0.15, -0.1) is 0 Å². The van der Waals surface area contributed by atoms with E-state index in [0.717, 1.165) is 27.8 Å². The number of fused-ring (bicyclic) bond motifs is 1. The van der Waals surface area contributed by atoms with Gasteiger partial charge in [0.1, 0.15) is 35.5 Å². The number of carbonyl (C=O) groups excluding carboxylic acids is 4. The molecule has 1 aliphatic carbocycles. The molecule has 334 valence electrons. The van der Waals surface area contributed by atoms with Crippen LogP contribution in [0.5, 0.6) is 11.5 Å². The topological polar surface area (TPSA) is 198 Å². The molecule has 2 aliphatic rings. The lowest BCUT2D eigenvalue weighted by Gasteiger charge is -2.29. The molecule has 0 radical (unpaired) electrons. The first-order valence-electron chi connectivity index (χ1n) is 21.2. The summed E-state index contributed by atoms with van der Waals surface area (Å²) in [6.07, 6.45) is 3.36. The Kier molecular flexibility index (Phi) is 14.0. The van der Waals surface area contributed by atoms with Gasteiger partial charge >= 0.3 is 6.03 Å². The lowest BCUT2D eigenvalue weighted by atomic mass is 9.92. The number of sulfonamides is 1. The predicted molar refractivity (Wildman–Crippen MR) is 241 cm³/mol. The maximum absolute atomic E-state index is 13.2. The van der Waals surface area contributed by atoms with E-state index in [1.54, 1.807) is 68.3 Å². The molecule has 4 aromatic carbocycles. The maximum Gasteiger partial charge on any atom is 0.315 e. The van der Waals surface area contributed by atoms with Crippen molar-refractivity contribution < 1.29 is 37.1 Å². The summed E-state index contributed by atoms with van der Waals surface area (Å²) in [5.74, 6) is 1.97. The molecule has 3 amide bonds. The quantitative estimate of drug-likeness (QED) is 0.0573. The fourth-order valence-electron chi connectivity index (χ4n) is 7.44. The number of hydrogen-bond acceptors (Lipinski definition) is 11. The zero-order chi connectivity index (χ0) is 45.4. The third-order valence-corrected chi connectivity index (χ3v) is 12.4. The minimum absolute atomic E-state index is 0.0785. The Morgan fingerprint density at radius 3 is 2.38 bits per heavy atom. The van der Waals surface area contributed by atoms with Gasteiger partial charge in [-0.25, -0.2) is 27.9 Å². The molecule has 0 bridgehead atoms. The molecule has 1 aromatic heterocycles. The Hall–Kier alpha value is -6.65. The summed E-state index contributed by atoms with van der Waals surface area (Å²) >= 11 is 0. The third kappa shape index (κ3) is 11.9. The zero-order valence-electron chi connectivity index (χ0n) is 36.4. The summed E-state index contributed by atoms with van der Waals surface area (Å²) in [6.45, 7) is 8.99. The Morgan fingerprint density at radius 2 is 1.62 bits per heavy atom. The fraction of sp³-hybridized carbons (Fsp3) is 0.333. The number of nitrogens with one attached hydrogen (secondary N) is 4. The first-order valence-corrected chi connectivity index (χ1v) is 22.7. The molecular weight excluding hydrogens is 835 g/mol. The molecule has 5 aromatic rings. The molecule has 4 N–H and O–H groups in total. The second kappa shape index (κ2) is 19.8. The number of hydrogen-bond donors (Lipinski definition) is 4. The van der Waals surface area contributed by atoms with Crippen LogP contribution in [-0.4, -0.2) is 71.5 Å². The number of carbonyl (C=O) groups is 4. The zero-order valence-corrected chi connectivity index (χ0v) is 37.2. The number of aryl methyl sites for hydroxylation is 1. The highest BCUT2D eigenvalue weighted by atomic mass is 32.2. The van der Waals surface area contributed by atoms with Crippen molar-refractivity contribution in [1.82, 2.24) is 30.2 Å². The Balaban J connectivity index is 0.797. The van der Waals surface area contributed by atoms with E-state index < -0.39 is 21.6 Å². The third-order valence-electron chi connectivity index (χ3n) is 10.7. The van der Waals surface area contributed by atoms with Crippen LogP contribution in [0.3, 0.4) is 0 Å². The Morgan fingerprint density at radius 1 is 0.891 bits per heavy atom. The molecule has 7 rings (SSSR count). The van der Waals surface area contributed by atoms with Gasteiger partial charge in [-0.05, 0) is 99.7 Å². The van der Waals surface area contributed by atoms with Crippen LogP contribution in [0.1, 0.15) is 90.5 Å². The van der Waals surface area contributed by atoms with Crippen molar-refractivity contribution in [3.63, 3.8) is 0 Å². The average molecular weight is 888 g/mol. The maximum atomic E-state index is 13.2. The molecule has 2 heterocycles. The standard InChI is InChI=1S/C48H53N7O8S/c1-31-27-50-44(53-45(31)52-35-8-5-9-38(25-35)64(60,61)54-48(2,3)4)24-32-16-19-37(20-17-32)62-23-7-22-49-47(59)51-28-33-12-14-34(15-13-33)30-63-43-11-6-10-39-40(43)29-55(46(39)58)41-21-18-36(56)26-42(41)57/h5-6,8-17,19-20,25,27,41,54H,7,18,21-24,26,28-30H2,1-4H3,(H2,49,51,59)(H,50,52,53)/t41-/m0/s1. The summed E-state index contributed by atoms with van der Waals surface area (Å²) in [5.41, 5.74) is 4.87. The highest BCUT2D eigenvalue weighted by Crippen LogP contribution is 2.35. The summed E-state index contributed by atoms with van der Waals surface area (Å²) in [6, 6.07) is 26.4. The van der Waals surface area contributed by atoms with Crippen LogP contribution in [-0.2, 0) is 45.7 Å². The summed E-state index contributed by atoms with van der Waals surface area (Å²) in [4.78, 5) is 60.8. The molecule has 0 spiro atoms. The van der Waals surface area contributed by atoms with Crippen molar-refractivity contribution in [2.24, 2.45) is 0 Å². The lowest BCUT2D eigenvalue weighted by Crippen LogP contribution is -2.44. The molecule has 0 unspecified atom stereocenters. The SMILES string of the molecule is Cc1cnc(Cc2ccc(OCCCNC(=O)NCc3ccc(COc4cccc5c4CN([C@H]4CCC(=O)CC4=O)C5=O)cc3)cc2)nc1Nc1cccc(S(=O)(=O)NC(C)(C)C)c1. The van der Waals surface area contributed by atoms with Crippen LogP contribution in [0, 0.1) is 6.92 Å². The van der Waals surface area contributed by atoms with Crippen molar-refractivity contribution >= 4 is 45.0 Å². The van der Waals surface area contributed by atoms with Crippen molar-refractivity contribution in [1.29, 1.82) is 0 Å². The van der Waals surface area contributed by atoms with Crippen LogP contribution in [0.2, 0.25) is 0 Å². The van der Waals surface area contributed by atoms with Crippen LogP contribution >= 0.6 is 0 Å². The van der Waals surface area contributed by atoms with Gasteiger partial charge < -0.3 is 30.3 Å². The van der Waals surface area contributed by atoms with Gasteiger partial charge in [0.2, 0.25) is 10.0 Å². The first kappa shape index (κ1) is 45.4. The van der Waals surface area contributed by atoms with E-state index in [9.17, 15) is 27.6 Å². The van der Waals surface area contributed by atoms with E-state index in [-0.39, 0.29) is 48.0 Å². The first-order chi connectivity index (χ1) is 30.6. The average Bonchev–Trinajstić information content (AvgIpc) is 3.59. The van der Waals surface area contributed by atoms with Gasteiger partial charge in [-0.2, -0.15) is 0 Å². The lowest BCUT2D eigenvalue weighted by molar-refractivity contribution is -0.133. The second-order valence-corrected chi connectivity index (χ2v) is 18.7. The highest BCUT2D eigenvalue weighted by molar-refractivity contribution is 7.89. The second-order valence-electron chi connectivity index (χ2n) is 17.0. The number of aromatic nitrogens is 2. The molecule has 15 nitrogen and oxygen atoms in total. The largest absolute Gasteiger partial charge is 0.494 e. The van der Waals surface area contributed by atoms with E-state index in [1.165, 1.54) is 0 Å². The molecule has 64 heavy (non-hydrogen) atoms. The highest BCUT2D eigenvalue weighted by Gasteiger charge is 2.40.